The number of unbranched alkanes of at least 4 members (excludes halogenated alkanes) is 1. The molecule has 0 aromatic heterocycles. The zero-order valence-electron chi connectivity index (χ0n) is 23.3. The Labute approximate surface area is 229 Å². The Hall–Kier alpha value is -2.15. The van der Waals surface area contributed by atoms with E-state index in [9.17, 15) is 9.59 Å². The molecule has 0 saturated heterocycles. The maximum Gasteiger partial charge on any atom is 0.407 e. The van der Waals surface area contributed by atoms with E-state index < -0.39 is 20.0 Å². The molecule has 37 heavy (non-hydrogen) atoms. The summed E-state index contributed by atoms with van der Waals surface area (Å²) in [5, 5.41) is 5.13. The lowest BCUT2D eigenvalue weighted by atomic mass is 10.1. The molecule has 2 aromatic carbocycles. The second-order valence-corrected chi connectivity index (χ2v) is 16.2. The number of ketones is 1. The number of carbonyl (C=O) groups is 2. The average Bonchev–Trinajstić information content (AvgIpc) is 2.82. The van der Waals surface area contributed by atoms with Gasteiger partial charge in [0.05, 0.1) is 12.6 Å². The third-order valence-electron chi connectivity index (χ3n) is 6.25. The molecule has 0 saturated carbocycles. The van der Waals surface area contributed by atoms with E-state index in [1.807, 2.05) is 57.2 Å². The van der Waals surface area contributed by atoms with Crippen LogP contribution in [0.3, 0.4) is 0 Å². The highest BCUT2D eigenvalue weighted by Gasteiger charge is 2.50. The van der Waals surface area contributed by atoms with Crippen LogP contribution in [0.4, 0.5) is 4.79 Å². The molecule has 0 aliphatic heterocycles. The van der Waals surface area contributed by atoms with Gasteiger partial charge in [0.25, 0.3) is 8.32 Å². The summed E-state index contributed by atoms with van der Waals surface area (Å²) < 4.78 is 12.6. The number of alkyl carbamates (subject to hydrolysis) is 1. The minimum absolute atomic E-state index is 0.173. The Kier molecular flexibility index (Phi) is 11.9. The first-order valence-corrected chi connectivity index (χ1v) is 15.7. The molecular weight excluding hydrogens is 502 g/mol. The van der Waals surface area contributed by atoms with Crippen LogP contribution in [-0.2, 0) is 14.0 Å². The predicted octanol–water partition coefficient (Wildman–Crippen LogP) is 6.21. The molecular formula is C30H44ClNO4Si. The van der Waals surface area contributed by atoms with E-state index >= 15 is 0 Å². The van der Waals surface area contributed by atoms with E-state index in [-0.39, 0.29) is 23.5 Å². The molecule has 1 atom stereocenters. The lowest BCUT2D eigenvalue weighted by Crippen LogP contribution is -2.67. The number of ether oxygens (including phenoxy) is 1. The normalized spacial score (nSPS) is 13.2. The fraction of sp³-hybridized carbons (Fsp3) is 0.533. The van der Waals surface area contributed by atoms with Crippen molar-refractivity contribution in [1.82, 2.24) is 5.32 Å². The van der Waals surface area contributed by atoms with Gasteiger partial charge in [-0.3, -0.25) is 4.79 Å². The van der Waals surface area contributed by atoms with Crippen LogP contribution in [0.15, 0.2) is 60.7 Å². The van der Waals surface area contributed by atoms with Crippen LogP contribution in [0.25, 0.3) is 0 Å². The van der Waals surface area contributed by atoms with E-state index in [4.69, 9.17) is 20.8 Å². The summed E-state index contributed by atoms with van der Waals surface area (Å²) in [5.74, 6) is 0.731. The molecule has 1 N–H and O–H groups in total. The molecule has 0 fully saturated rings. The summed E-state index contributed by atoms with van der Waals surface area (Å²) in [6, 6.07) is 20.4. The lowest BCUT2D eigenvalue weighted by molar-refractivity contribution is -0.119. The number of hydrogen-bond acceptors (Lipinski definition) is 4. The zero-order chi connectivity index (χ0) is 27.5. The van der Waals surface area contributed by atoms with Crippen molar-refractivity contribution in [2.75, 3.05) is 12.5 Å². The number of nitrogens with one attached hydrogen (secondary N) is 1. The average molecular weight is 546 g/mol. The molecule has 7 heteroatoms. The quantitative estimate of drug-likeness (QED) is 0.184. The Morgan fingerprint density at radius 3 is 1.86 bits per heavy atom. The molecule has 5 nitrogen and oxygen atoms in total. The van der Waals surface area contributed by atoms with Crippen LogP contribution in [0.2, 0.25) is 5.04 Å². The molecule has 0 radical (unpaired) electrons. The van der Waals surface area contributed by atoms with Crippen molar-refractivity contribution in [1.29, 1.82) is 0 Å². The van der Waals surface area contributed by atoms with Crippen LogP contribution in [0.1, 0.15) is 73.6 Å². The molecule has 0 unspecified atom stereocenters. The predicted molar refractivity (Wildman–Crippen MR) is 156 cm³/mol. The van der Waals surface area contributed by atoms with Gasteiger partial charge in [0, 0.05) is 18.7 Å². The second kappa shape index (κ2) is 14.1. The number of rotatable bonds is 13. The largest absolute Gasteiger partial charge is 0.444 e. The Balaban J connectivity index is 2.35. The second-order valence-electron chi connectivity index (χ2n) is 11.5. The number of halogens is 1. The van der Waals surface area contributed by atoms with Crippen LogP contribution in [0, 0.1) is 0 Å². The van der Waals surface area contributed by atoms with E-state index in [1.54, 1.807) is 0 Å². The first-order chi connectivity index (χ1) is 17.4. The molecule has 0 aliphatic carbocycles. The molecule has 0 spiro atoms. The standard InChI is InChI=1S/C30H44ClNO4Si/c1-29(2,3)36-28(34)32-24(20-21-25(33)15-13-14-22-31)23-35-37(30(4,5)6,26-16-9-7-10-17-26)27-18-11-8-12-19-27/h7-12,16-19,24H,13-15,20-23H2,1-6H3,(H,32,34)/t24-/m0/s1. The molecule has 0 heterocycles. The highest BCUT2D eigenvalue weighted by atomic mass is 35.5. The fourth-order valence-electron chi connectivity index (χ4n) is 4.54. The zero-order valence-corrected chi connectivity index (χ0v) is 25.1. The number of benzene rings is 2. The van der Waals surface area contributed by atoms with Gasteiger partial charge < -0.3 is 14.5 Å². The van der Waals surface area contributed by atoms with E-state index in [0.29, 0.717) is 25.1 Å². The summed E-state index contributed by atoms with van der Waals surface area (Å²) in [7, 11) is -2.78. The maximum atomic E-state index is 12.7. The number of carbonyl (C=O) groups excluding carboxylic acids is 2. The maximum absolute atomic E-state index is 12.7. The summed E-state index contributed by atoms with van der Waals surface area (Å²) in [6.07, 6.45) is 2.46. The topological polar surface area (TPSA) is 64.6 Å². The van der Waals surface area contributed by atoms with Crippen LogP contribution < -0.4 is 15.7 Å². The smallest absolute Gasteiger partial charge is 0.407 e. The summed E-state index contributed by atoms with van der Waals surface area (Å²) in [4.78, 5) is 25.2. The van der Waals surface area contributed by atoms with E-state index in [0.717, 1.165) is 12.8 Å². The minimum Gasteiger partial charge on any atom is -0.444 e. The van der Waals surface area contributed by atoms with Crippen molar-refractivity contribution >= 4 is 42.2 Å². The molecule has 0 bridgehead atoms. The molecule has 2 aromatic rings. The molecule has 1 amide bonds. The van der Waals surface area contributed by atoms with E-state index in [1.165, 1.54) is 10.4 Å². The molecule has 204 valence electrons. The summed E-state index contributed by atoms with van der Waals surface area (Å²) in [5.41, 5.74) is -0.620. The third kappa shape index (κ3) is 9.58. The molecule has 0 aliphatic rings. The van der Waals surface area contributed by atoms with Gasteiger partial charge in [-0.05, 0) is 55.4 Å². The van der Waals surface area contributed by atoms with Crippen LogP contribution in [0.5, 0.6) is 0 Å². The van der Waals surface area contributed by atoms with E-state index in [2.05, 4.69) is 50.4 Å². The van der Waals surface area contributed by atoms with Crippen molar-refractivity contribution in [2.24, 2.45) is 0 Å². The summed E-state index contributed by atoms with van der Waals surface area (Å²) in [6.45, 7) is 12.4. The number of hydrogen-bond donors (Lipinski definition) is 1. The van der Waals surface area contributed by atoms with Crippen molar-refractivity contribution in [2.45, 2.75) is 90.3 Å². The van der Waals surface area contributed by atoms with Gasteiger partial charge in [0.1, 0.15) is 11.4 Å². The van der Waals surface area contributed by atoms with Gasteiger partial charge in [-0.1, -0.05) is 81.4 Å². The van der Waals surface area contributed by atoms with Gasteiger partial charge in [0.15, 0.2) is 0 Å². The van der Waals surface area contributed by atoms with Gasteiger partial charge >= 0.3 is 6.09 Å². The van der Waals surface area contributed by atoms with Crippen molar-refractivity contribution in [3.05, 3.63) is 60.7 Å². The summed E-state index contributed by atoms with van der Waals surface area (Å²) >= 11 is 5.76. The number of Topliss-reactive ketones (excluding diaryl/α,β-unsaturated/α-hetero) is 1. The first-order valence-electron chi connectivity index (χ1n) is 13.2. The first kappa shape index (κ1) is 31.1. The van der Waals surface area contributed by atoms with Gasteiger partial charge in [-0.15, -0.1) is 11.6 Å². The Morgan fingerprint density at radius 2 is 1.41 bits per heavy atom. The van der Waals surface area contributed by atoms with Gasteiger partial charge in [-0.25, -0.2) is 4.79 Å². The monoisotopic (exact) mass is 545 g/mol. The Bertz CT molecular complexity index is 931. The van der Waals surface area contributed by atoms with Gasteiger partial charge in [-0.2, -0.15) is 0 Å². The van der Waals surface area contributed by atoms with Gasteiger partial charge in [0.2, 0.25) is 0 Å². The van der Waals surface area contributed by atoms with Crippen LogP contribution in [-0.4, -0.2) is 44.3 Å². The highest BCUT2D eigenvalue weighted by molar-refractivity contribution is 6.99. The SMILES string of the molecule is CC(C)(C)OC(=O)N[C@@H](CCC(=O)CCCCCl)CO[Si](c1ccccc1)(c1ccccc1)C(C)(C)C. The lowest BCUT2D eigenvalue weighted by Gasteiger charge is -2.43. The fourth-order valence-corrected chi connectivity index (χ4v) is 9.33. The number of amides is 1. The Morgan fingerprint density at radius 1 is 0.865 bits per heavy atom. The minimum atomic E-state index is -2.78. The highest BCUT2D eigenvalue weighted by Crippen LogP contribution is 2.37. The number of alkyl halides is 1. The van der Waals surface area contributed by atoms with Crippen LogP contribution >= 0.6 is 11.6 Å². The third-order valence-corrected chi connectivity index (χ3v) is 11.5. The van der Waals surface area contributed by atoms with Crippen molar-refractivity contribution in [3.63, 3.8) is 0 Å². The van der Waals surface area contributed by atoms with Crippen molar-refractivity contribution in [3.8, 4) is 0 Å². The van der Waals surface area contributed by atoms with Crippen molar-refractivity contribution < 1.29 is 18.8 Å². The molecule has 2 rings (SSSR count).